The summed E-state index contributed by atoms with van der Waals surface area (Å²) in [5.74, 6) is 0. The quantitative estimate of drug-likeness (QED) is 0.843. The molecule has 0 saturated heterocycles. The summed E-state index contributed by atoms with van der Waals surface area (Å²) in [6.45, 7) is 7.16. The first kappa shape index (κ1) is 13.7. The molecule has 0 heterocycles. The predicted octanol–water partition coefficient (Wildman–Crippen LogP) is 2.91. The van der Waals surface area contributed by atoms with Gasteiger partial charge in [-0.2, -0.15) is 0 Å². The molecule has 3 N–H and O–H groups in total. The molecule has 0 fully saturated rings. The Morgan fingerprint density at radius 3 is 2.44 bits per heavy atom. The first-order valence-electron chi connectivity index (χ1n) is 5.69. The normalized spacial score (nSPS) is 11.8. The van der Waals surface area contributed by atoms with Gasteiger partial charge in [0.2, 0.25) is 0 Å². The van der Waals surface area contributed by atoms with Gasteiger partial charge in [-0.05, 0) is 36.1 Å². The van der Waals surface area contributed by atoms with E-state index in [4.69, 9.17) is 5.73 Å². The van der Waals surface area contributed by atoms with Crippen molar-refractivity contribution in [3.63, 3.8) is 0 Å². The van der Waals surface area contributed by atoms with Gasteiger partial charge >= 0.3 is 0 Å². The highest BCUT2D eigenvalue weighted by molar-refractivity contribution is 9.10. The van der Waals surface area contributed by atoms with Gasteiger partial charge in [-0.15, -0.1) is 0 Å². The van der Waals surface area contributed by atoms with Crippen LogP contribution in [0.15, 0.2) is 28.7 Å². The summed E-state index contributed by atoms with van der Waals surface area (Å²) in [4.78, 5) is 0. The van der Waals surface area contributed by atoms with E-state index in [0.29, 0.717) is 0 Å². The molecule has 0 amide bonds. The lowest BCUT2D eigenvalue weighted by Crippen LogP contribution is -2.30. The Balaban J connectivity index is 2.32. The summed E-state index contributed by atoms with van der Waals surface area (Å²) in [5, 5.41) is 3.48. The van der Waals surface area contributed by atoms with E-state index in [0.717, 1.165) is 30.5 Å². The number of hydrogen-bond acceptors (Lipinski definition) is 2. The van der Waals surface area contributed by atoms with E-state index in [1.165, 1.54) is 5.56 Å². The van der Waals surface area contributed by atoms with Gasteiger partial charge in [0.05, 0.1) is 0 Å². The Bertz CT molecular complexity index is 306. The van der Waals surface area contributed by atoms with Crippen LogP contribution in [0.25, 0.3) is 0 Å². The van der Waals surface area contributed by atoms with Crippen molar-refractivity contribution in [1.29, 1.82) is 0 Å². The second-order valence-corrected chi connectivity index (χ2v) is 5.85. The maximum atomic E-state index is 5.58. The van der Waals surface area contributed by atoms with Crippen LogP contribution in [0.2, 0.25) is 0 Å². The SMILES string of the molecule is CC(C)(CCN)CNCc1ccc(Br)cc1. The number of nitrogens with one attached hydrogen (secondary N) is 1. The van der Waals surface area contributed by atoms with Crippen molar-refractivity contribution in [1.82, 2.24) is 5.32 Å². The van der Waals surface area contributed by atoms with Crippen LogP contribution in [-0.2, 0) is 6.54 Å². The third-order valence-electron chi connectivity index (χ3n) is 2.67. The zero-order valence-electron chi connectivity index (χ0n) is 10.1. The predicted molar refractivity (Wildman–Crippen MR) is 73.3 cm³/mol. The molecular weight excluding hydrogens is 264 g/mol. The Hall–Kier alpha value is -0.380. The van der Waals surface area contributed by atoms with Crippen molar-refractivity contribution in [2.45, 2.75) is 26.8 Å². The largest absolute Gasteiger partial charge is 0.330 e. The number of nitrogens with two attached hydrogens (primary N) is 1. The fourth-order valence-corrected chi connectivity index (χ4v) is 1.89. The molecule has 1 rings (SSSR count). The monoisotopic (exact) mass is 284 g/mol. The zero-order chi connectivity index (χ0) is 12.0. The molecule has 0 spiro atoms. The molecule has 1 aromatic carbocycles. The highest BCUT2D eigenvalue weighted by atomic mass is 79.9. The third-order valence-corrected chi connectivity index (χ3v) is 3.20. The first-order valence-corrected chi connectivity index (χ1v) is 6.48. The molecule has 0 radical (unpaired) electrons. The third kappa shape index (κ3) is 5.10. The summed E-state index contributed by atoms with van der Waals surface area (Å²) in [7, 11) is 0. The van der Waals surface area contributed by atoms with E-state index in [2.05, 4.69) is 59.4 Å². The van der Waals surface area contributed by atoms with Gasteiger partial charge in [-0.1, -0.05) is 41.9 Å². The van der Waals surface area contributed by atoms with Crippen molar-refractivity contribution in [3.05, 3.63) is 34.3 Å². The van der Waals surface area contributed by atoms with Crippen LogP contribution < -0.4 is 11.1 Å². The van der Waals surface area contributed by atoms with Gasteiger partial charge in [0.15, 0.2) is 0 Å². The minimum atomic E-state index is 0.282. The molecule has 0 aliphatic carbocycles. The minimum Gasteiger partial charge on any atom is -0.330 e. The zero-order valence-corrected chi connectivity index (χ0v) is 11.7. The summed E-state index contributed by atoms with van der Waals surface area (Å²) in [6.07, 6.45) is 1.06. The molecule has 0 aliphatic rings. The number of halogens is 1. The van der Waals surface area contributed by atoms with Crippen LogP contribution in [0.5, 0.6) is 0 Å². The Morgan fingerprint density at radius 2 is 1.88 bits per heavy atom. The van der Waals surface area contributed by atoms with Crippen molar-refractivity contribution in [3.8, 4) is 0 Å². The molecule has 90 valence electrons. The second-order valence-electron chi connectivity index (χ2n) is 4.93. The van der Waals surface area contributed by atoms with Crippen molar-refractivity contribution in [2.75, 3.05) is 13.1 Å². The van der Waals surface area contributed by atoms with Gasteiger partial charge in [-0.25, -0.2) is 0 Å². The van der Waals surface area contributed by atoms with E-state index >= 15 is 0 Å². The fourth-order valence-electron chi connectivity index (χ4n) is 1.63. The molecule has 16 heavy (non-hydrogen) atoms. The first-order chi connectivity index (χ1) is 7.53. The maximum Gasteiger partial charge on any atom is 0.0205 e. The molecule has 2 nitrogen and oxygen atoms in total. The second kappa shape index (κ2) is 6.38. The average Bonchev–Trinajstić information content (AvgIpc) is 2.20. The summed E-state index contributed by atoms with van der Waals surface area (Å²) >= 11 is 3.43. The summed E-state index contributed by atoms with van der Waals surface area (Å²) in [5.41, 5.74) is 7.17. The topological polar surface area (TPSA) is 38.0 Å². The van der Waals surface area contributed by atoms with Crippen LogP contribution >= 0.6 is 15.9 Å². The number of rotatable bonds is 6. The van der Waals surface area contributed by atoms with Crippen LogP contribution in [0.1, 0.15) is 25.8 Å². The maximum absolute atomic E-state index is 5.58. The molecular formula is C13H21BrN2. The van der Waals surface area contributed by atoms with Crippen LogP contribution in [0.4, 0.5) is 0 Å². The van der Waals surface area contributed by atoms with Crippen LogP contribution in [0, 0.1) is 5.41 Å². The van der Waals surface area contributed by atoms with Gasteiger partial charge in [0.25, 0.3) is 0 Å². The van der Waals surface area contributed by atoms with Crippen LogP contribution in [-0.4, -0.2) is 13.1 Å². The average molecular weight is 285 g/mol. The van der Waals surface area contributed by atoms with Gasteiger partial charge in [-0.3, -0.25) is 0 Å². The lowest BCUT2D eigenvalue weighted by Gasteiger charge is -2.24. The smallest absolute Gasteiger partial charge is 0.0205 e. The van der Waals surface area contributed by atoms with E-state index in [1.807, 2.05) is 0 Å². The fraction of sp³-hybridized carbons (Fsp3) is 0.538. The number of hydrogen-bond donors (Lipinski definition) is 2. The van der Waals surface area contributed by atoms with Crippen LogP contribution in [0.3, 0.4) is 0 Å². The van der Waals surface area contributed by atoms with Crippen molar-refractivity contribution >= 4 is 15.9 Å². The Labute approximate surface area is 107 Å². The standard InChI is InChI=1S/C13H21BrN2/c1-13(2,7-8-15)10-16-9-11-3-5-12(14)6-4-11/h3-6,16H,7-10,15H2,1-2H3. The molecule has 1 aromatic rings. The molecule has 0 aliphatic heterocycles. The van der Waals surface area contributed by atoms with E-state index < -0.39 is 0 Å². The lowest BCUT2D eigenvalue weighted by atomic mass is 9.89. The molecule has 0 unspecified atom stereocenters. The minimum absolute atomic E-state index is 0.282. The Morgan fingerprint density at radius 1 is 1.25 bits per heavy atom. The van der Waals surface area contributed by atoms with Gasteiger partial charge < -0.3 is 11.1 Å². The Kier molecular flexibility index (Phi) is 5.46. The van der Waals surface area contributed by atoms with Crippen molar-refractivity contribution in [2.24, 2.45) is 11.1 Å². The summed E-state index contributed by atoms with van der Waals surface area (Å²) < 4.78 is 1.12. The molecule has 3 heteroatoms. The summed E-state index contributed by atoms with van der Waals surface area (Å²) in [6, 6.07) is 8.41. The van der Waals surface area contributed by atoms with Gasteiger partial charge in [0, 0.05) is 17.6 Å². The number of benzene rings is 1. The molecule has 0 bridgehead atoms. The highest BCUT2D eigenvalue weighted by Crippen LogP contribution is 2.18. The molecule has 0 aromatic heterocycles. The van der Waals surface area contributed by atoms with Crippen molar-refractivity contribution < 1.29 is 0 Å². The molecule has 0 atom stereocenters. The molecule has 0 saturated carbocycles. The van der Waals surface area contributed by atoms with Gasteiger partial charge in [0.1, 0.15) is 0 Å². The van der Waals surface area contributed by atoms with E-state index in [1.54, 1.807) is 0 Å². The van der Waals surface area contributed by atoms with E-state index in [9.17, 15) is 0 Å². The van der Waals surface area contributed by atoms with E-state index in [-0.39, 0.29) is 5.41 Å². The highest BCUT2D eigenvalue weighted by Gasteiger charge is 2.15. The lowest BCUT2D eigenvalue weighted by molar-refractivity contribution is 0.319.